The van der Waals surface area contributed by atoms with Crippen molar-refractivity contribution in [2.24, 2.45) is 4.99 Å². The first-order valence-electron chi connectivity index (χ1n) is 9.54. The van der Waals surface area contributed by atoms with E-state index in [9.17, 15) is 4.39 Å². The standard InChI is InChI=1S/C21H26ClFN4O/c1-2-24-21(26-15-17-5-3-4-6-18(17)22)25-14-16-7-8-20(19(23)13-16)27-9-11-28-12-10-27/h3-8,13H,2,9-12,14-15H2,1H3,(H2,24,25,26). The lowest BCUT2D eigenvalue weighted by Gasteiger charge is -2.29. The van der Waals surface area contributed by atoms with E-state index in [2.05, 4.69) is 15.6 Å². The Hall–Kier alpha value is -2.31. The minimum Gasteiger partial charge on any atom is -0.378 e. The normalized spacial score (nSPS) is 14.8. The second kappa shape index (κ2) is 10.3. The molecule has 3 rings (SSSR count). The van der Waals surface area contributed by atoms with Crippen molar-refractivity contribution in [2.75, 3.05) is 37.7 Å². The molecule has 0 unspecified atom stereocenters. The second-order valence-electron chi connectivity index (χ2n) is 6.53. The van der Waals surface area contributed by atoms with E-state index in [0.29, 0.717) is 56.1 Å². The maximum absolute atomic E-state index is 14.5. The molecular weight excluding hydrogens is 379 g/mol. The highest BCUT2D eigenvalue weighted by molar-refractivity contribution is 6.31. The summed E-state index contributed by atoms with van der Waals surface area (Å²) >= 11 is 6.20. The van der Waals surface area contributed by atoms with E-state index in [1.165, 1.54) is 0 Å². The number of nitrogens with one attached hydrogen (secondary N) is 2. The van der Waals surface area contributed by atoms with E-state index >= 15 is 0 Å². The molecule has 0 atom stereocenters. The van der Waals surface area contributed by atoms with Gasteiger partial charge in [-0.3, -0.25) is 0 Å². The minimum atomic E-state index is -0.219. The first kappa shape index (κ1) is 20.4. The number of ether oxygens (including phenoxy) is 1. The van der Waals surface area contributed by atoms with Crippen molar-refractivity contribution in [2.45, 2.75) is 20.0 Å². The first-order valence-corrected chi connectivity index (χ1v) is 9.92. The van der Waals surface area contributed by atoms with Crippen LogP contribution in [0.3, 0.4) is 0 Å². The predicted octanol–water partition coefficient (Wildman–Crippen LogP) is 3.57. The van der Waals surface area contributed by atoms with Crippen LogP contribution in [-0.2, 0) is 17.8 Å². The number of morpholine rings is 1. The molecule has 1 aliphatic heterocycles. The Balaban J connectivity index is 1.63. The van der Waals surface area contributed by atoms with Gasteiger partial charge in [0.2, 0.25) is 0 Å². The minimum absolute atomic E-state index is 0.219. The first-order chi connectivity index (χ1) is 13.7. The van der Waals surface area contributed by atoms with Crippen molar-refractivity contribution in [3.05, 3.63) is 64.4 Å². The Kier molecular flexibility index (Phi) is 7.51. The van der Waals surface area contributed by atoms with Crippen LogP contribution in [-0.4, -0.2) is 38.8 Å². The summed E-state index contributed by atoms with van der Waals surface area (Å²) in [6.45, 7) is 6.38. The molecule has 1 fully saturated rings. The van der Waals surface area contributed by atoms with Gasteiger partial charge in [-0.1, -0.05) is 35.9 Å². The van der Waals surface area contributed by atoms with Gasteiger partial charge in [-0.05, 0) is 36.2 Å². The number of guanidine groups is 1. The van der Waals surface area contributed by atoms with Crippen LogP contribution in [0.25, 0.3) is 0 Å². The van der Waals surface area contributed by atoms with Gasteiger partial charge in [-0.25, -0.2) is 9.38 Å². The van der Waals surface area contributed by atoms with E-state index in [0.717, 1.165) is 17.7 Å². The highest BCUT2D eigenvalue weighted by Gasteiger charge is 2.15. The molecule has 0 amide bonds. The molecule has 0 radical (unpaired) electrons. The van der Waals surface area contributed by atoms with Gasteiger partial charge >= 0.3 is 0 Å². The number of benzene rings is 2. The van der Waals surface area contributed by atoms with Gasteiger partial charge in [0.1, 0.15) is 5.82 Å². The van der Waals surface area contributed by atoms with Crippen LogP contribution >= 0.6 is 11.6 Å². The lowest BCUT2D eigenvalue weighted by atomic mass is 10.1. The molecule has 2 N–H and O–H groups in total. The van der Waals surface area contributed by atoms with Gasteiger partial charge in [-0.2, -0.15) is 0 Å². The molecule has 2 aromatic carbocycles. The van der Waals surface area contributed by atoms with Gasteiger partial charge in [0.25, 0.3) is 0 Å². The van der Waals surface area contributed by atoms with Crippen molar-refractivity contribution in [1.82, 2.24) is 10.6 Å². The molecule has 0 bridgehead atoms. The van der Waals surface area contributed by atoms with Gasteiger partial charge in [0.05, 0.1) is 25.4 Å². The van der Waals surface area contributed by atoms with Crippen LogP contribution in [0.1, 0.15) is 18.1 Å². The molecule has 5 nitrogen and oxygen atoms in total. The summed E-state index contributed by atoms with van der Waals surface area (Å²) in [5, 5.41) is 7.18. The molecule has 0 aliphatic carbocycles. The third-order valence-corrected chi connectivity index (χ3v) is 4.90. The molecule has 7 heteroatoms. The van der Waals surface area contributed by atoms with E-state index in [4.69, 9.17) is 16.3 Å². The van der Waals surface area contributed by atoms with Gasteiger partial charge < -0.3 is 20.3 Å². The lowest BCUT2D eigenvalue weighted by Crippen LogP contribution is -2.37. The molecule has 0 saturated carbocycles. The fraction of sp³-hybridized carbons (Fsp3) is 0.381. The zero-order chi connectivity index (χ0) is 19.8. The van der Waals surface area contributed by atoms with Crippen LogP contribution in [0.2, 0.25) is 5.02 Å². The number of halogens is 2. The van der Waals surface area contributed by atoms with Crippen LogP contribution in [0, 0.1) is 5.82 Å². The second-order valence-corrected chi connectivity index (χ2v) is 6.93. The maximum Gasteiger partial charge on any atom is 0.191 e. The number of nitrogens with zero attached hydrogens (tertiary/aromatic N) is 2. The van der Waals surface area contributed by atoms with Crippen LogP contribution < -0.4 is 15.5 Å². The summed E-state index contributed by atoms with van der Waals surface area (Å²) in [5.41, 5.74) is 2.44. The van der Waals surface area contributed by atoms with E-state index in [1.54, 1.807) is 6.07 Å². The Bertz CT molecular complexity index is 809. The average Bonchev–Trinajstić information content (AvgIpc) is 2.72. The fourth-order valence-electron chi connectivity index (χ4n) is 3.04. The van der Waals surface area contributed by atoms with Crippen molar-refractivity contribution in [1.29, 1.82) is 0 Å². The highest BCUT2D eigenvalue weighted by Crippen LogP contribution is 2.22. The molecule has 0 aromatic heterocycles. The highest BCUT2D eigenvalue weighted by atomic mass is 35.5. The quantitative estimate of drug-likeness (QED) is 0.570. The van der Waals surface area contributed by atoms with Gasteiger partial charge in [-0.15, -0.1) is 0 Å². The largest absolute Gasteiger partial charge is 0.378 e. The Labute approximate surface area is 170 Å². The molecule has 2 aromatic rings. The Morgan fingerprint density at radius 2 is 1.96 bits per heavy atom. The molecule has 150 valence electrons. The van der Waals surface area contributed by atoms with Crippen molar-refractivity contribution < 1.29 is 9.13 Å². The topological polar surface area (TPSA) is 48.9 Å². The zero-order valence-corrected chi connectivity index (χ0v) is 16.8. The number of anilines is 1. The van der Waals surface area contributed by atoms with Crippen molar-refractivity contribution in [3.8, 4) is 0 Å². The SMILES string of the molecule is CCNC(=NCc1ccc(N2CCOCC2)c(F)c1)NCc1ccccc1Cl. The summed E-state index contributed by atoms with van der Waals surface area (Å²) < 4.78 is 19.9. The monoisotopic (exact) mass is 404 g/mol. The summed E-state index contributed by atoms with van der Waals surface area (Å²) in [5.74, 6) is 0.448. The molecule has 28 heavy (non-hydrogen) atoms. The smallest absolute Gasteiger partial charge is 0.191 e. The molecule has 1 saturated heterocycles. The number of rotatable bonds is 6. The predicted molar refractivity (Wildman–Crippen MR) is 113 cm³/mol. The summed E-state index contributed by atoms with van der Waals surface area (Å²) in [6, 6.07) is 13.0. The Morgan fingerprint density at radius 3 is 2.68 bits per heavy atom. The van der Waals surface area contributed by atoms with Crippen molar-refractivity contribution in [3.63, 3.8) is 0 Å². The van der Waals surface area contributed by atoms with E-state index < -0.39 is 0 Å². The fourth-order valence-corrected chi connectivity index (χ4v) is 3.24. The van der Waals surface area contributed by atoms with Crippen LogP contribution in [0.5, 0.6) is 0 Å². The number of hydrogen-bond donors (Lipinski definition) is 2. The van der Waals surface area contributed by atoms with Gasteiger partial charge in [0.15, 0.2) is 5.96 Å². The lowest BCUT2D eigenvalue weighted by molar-refractivity contribution is 0.122. The summed E-state index contributed by atoms with van der Waals surface area (Å²) in [7, 11) is 0. The third kappa shape index (κ3) is 5.59. The average molecular weight is 405 g/mol. The maximum atomic E-state index is 14.5. The van der Waals surface area contributed by atoms with E-state index in [-0.39, 0.29) is 5.82 Å². The molecule has 0 spiro atoms. The van der Waals surface area contributed by atoms with Crippen LogP contribution in [0.15, 0.2) is 47.5 Å². The Morgan fingerprint density at radius 1 is 1.18 bits per heavy atom. The molecular formula is C21H26ClFN4O. The zero-order valence-electron chi connectivity index (χ0n) is 16.0. The summed E-state index contributed by atoms with van der Waals surface area (Å²) in [4.78, 5) is 6.58. The molecule has 1 aliphatic rings. The number of aliphatic imine (C=N–C) groups is 1. The number of hydrogen-bond acceptors (Lipinski definition) is 3. The molecule has 1 heterocycles. The van der Waals surface area contributed by atoms with E-state index in [1.807, 2.05) is 48.2 Å². The van der Waals surface area contributed by atoms with Crippen molar-refractivity contribution >= 4 is 23.2 Å². The summed E-state index contributed by atoms with van der Waals surface area (Å²) in [6.07, 6.45) is 0. The van der Waals surface area contributed by atoms with Gasteiger partial charge in [0, 0.05) is 31.2 Å². The van der Waals surface area contributed by atoms with Crippen LogP contribution in [0.4, 0.5) is 10.1 Å². The third-order valence-electron chi connectivity index (χ3n) is 4.53.